The molecule has 2 aromatic rings. The zero-order valence-electron chi connectivity index (χ0n) is 20.9. The second-order valence-corrected chi connectivity index (χ2v) is 9.64. The highest BCUT2D eigenvalue weighted by Crippen LogP contribution is 2.53. The molecule has 3 unspecified atom stereocenters. The van der Waals surface area contributed by atoms with Gasteiger partial charge in [0.05, 0.1) is 13.8 Å². The highest BCUT2D eigenvalue weighted by atomic mass is 19.4. The van der Waals surface area contributed by atoms with Gasteiger partial charge in [-0.3, -0.25) is 14.4 Å². The first-order valence-corrected chi connectivity index (χ1v) is 12.3. The van der Waals surface area contributed by atoms with Crippen LogP contribution in [0.3, 0.4) is 0 Å². The molecule has 0 spiro atoms. The van der Waals surface area contributed by atoms with Crippen LogP contribution in [0.2, 0.25) is 0 Å². The molecule has 2 aliphatic carbocycles. The molecule has 7 nitrogen and oxygen atoms in total. The molecule has 1 aliphatic heterocycles. The summed E-state index contributed by atoms with van der Waals surface area (Å²) in [6.07, 6.45) is -1.99. The van der Waals surface area contributed by atoms with Gasteiger partial charge >= 0.3 is 12.3 Å². The maximum Gasteiger partial charge on any atom is 0.573 e. The molecule has 3 atom stereocenters. The predicted octanol–water partition coefficient (Wildman–Crippen LogP) is 5.31. The van der Waals surface area contributed by atoms with Crippen LogP contribution >= 0.6 is 0 Å². The van der Waals surface area contributed by atoms with E-state index < -0.39 is 42.0 Å². The summed E-state index contributed by atoms with van der Waals surface area (Å²) in [6.45, 7) is 0. The zero-order chi connectivity index (χ0) is 27.2. The zero-order valence-corrected chi connectivity index (χ0v) is 19.9. The van der Waals surface area contributed by atoms with Crippen molar-refractivity contribution in [3.63, 3.8) is 0 Å². The lowest BCUT2D eigenvalue weighted by Gasteiger charge is -2.48. The Morgan fingerprint density at radius 3 is 2.38 bits per heavy atom. The Labute approximate surface area is 213 Å². The monoisotopic (exact) mass is 517 g/mol. The molecule has 5 rings (SSSR count). The molecule has 2 aromatic carbocycles. The number of fused-ring (bicyclic) bond motifs is 2. The van der Waals surface area contributed by atoms with Crippen molar-refractivity contribution in [2.24, 2.45) is 5.92 Å². The van der Waals surface area contributed by atoms with Gasteiger partial charge in [0.15, 0.2) is 0 Å². The first kappa shape index (κ1) is 23.8. The third-order valence-corrected chi connectivity index (χ3v) is 7.15. The number of carboxylic acids is 1. The fourth-order valence-electron chi connectivity index (χ4n) is 5.56. The van der Waals surface area contributed by atoms with Crippen LogP contribution < -0.4 is 9.64 Å². The number of aliphatic carboxylic acids is 1. The summed E-state index contributed by atoms with van der Waals surface area (Å²) < 4.78 is 51.5. The third kappa shape index (κ3) is 5.14. The Kier molecular flexibility index (Phi) is 6.26. The molecule has 10 heteroatoms. The van der Waals surface area contributed by atoms with Gasteiger partial charge in [0.1, 0.15) is 5.75 Å². The van der Waals surface area contributed by atoms with E-state index in [0.717, 1.165) is 31.4 Å². The van der Waals surface area contributed by atoms with Gasteiger partial charge in [-0.15, -0.1) is 13.2 Å². The van der Waals surface area contributed by atoms with Crippen LogP contribution in [-0.2, 0) is 9.59 Å². The molecule has 0 bridgehead atoms. The Morgan fingerprint density at radius 2 is 1.73 bits per heavy atom. The van der Waals surface area contributed by atoms with E-state index in [4.69, 9.17) is 5.11 Å². The van der Waals surface area contributed by atoms with Crippen LogP contribution in [0.4, 0.5) is 18.9 Å². The Bertz CT molecular complexity index is 1250. The van der Waals surface area contributed by atoms with E-state index in [9.17, 15) is 28.9 Å². The molecule has 196 valence electrons. The molecule has 2 saturated carbocycles. The smallest absolute Gasteiger partial charge is 0.481 e. The maximum absolute atomic E-state index is 13.8. The molecule has 0 aromatic heterocycles. The molecule has 0 saturated heterocycles. The van der Waals surface area contributed by atoms with Crippen molar-refractivity contribution >= 4 is 23.5 Å². The van der Waals surface area contributed by atoms with Crippen LogP contribution in [0.25, 0.3) is 0 Å². The molecule has 2 fully saturated rings. The number of carbonyl (C=O) groups is 3. The first-order valence-electron chi connectivity index (χ1n) is 12.8. The van der Waals surface area contributed by atoms with Crippen molar-refractivity contribution in [3.05, 3.63) is 59.7 Å². The summed E-state index contributed by atoms with van der Waals surface area (Å²) in [7, 11) is 0. The fourth-order valence-corrected chi connectivity index (χ4v) is 5.56. The average molecular weight is 518 g/mol. The molecule has 37 heavy (non-hydrogen) atoms. The van der Waals surface area contributed by atoms with Crippen molar-refractivity contribution in [1.29, 1.82) is 0 Å². The molecule has 0 radical (unpaired) electrons. The first-order chi connectivity index (χ1) is 18.0. The predicted molar refractivity (Wildman–Crippen MR) is 127 cm³/mol. The third-order valence-electron chi connectivity index (χ3n) is 7.15. The van der Waals surface area contributed by atoms with Gasteiger partial charge in [0.2, 0.25) is 5.91 Å². The van der Waals surface area contributed by atoms with Gasteiger partial charge in [0, 0.05) is 35.7 Å². The van der Waals surface area contributed by atoms with Gasteiger partial charge in [0.25, 0.3) is 5.91 Å². The number of hydrogen-bond donors (Lipinski definition) is 1. The number of carboxylic acid groups (broad SMARTS) is 1. The van der Waals surface area contributed by atoms with Crippen molar-refractivity contribution in [3.8, 4) is 5.75 Å². The van der Waals surface area contributed by atoms with Crippen molar-refractivity contribution in [1.82, 2.24) is 4.90 Å². The van der Waals surface area contributed by atoms with E-state index in [-0.39, 0.29) is 30.4 Å². The highest BCUT2D eigenvalue weighted by Gasteiger charge is 2.51. The van der Waals surface area contributed by atoms with E-state index in [1.165, 1.54) is 12.1 Å². The van der Waals surface area contributed by atoms with Gasteiger partial charge in [-0.25, -0.2) is 0 Å². The normalized spacial score (nSPS) is 25.1. The topological polar surface area (TPSA) is 87.2 Å². The molecule has 2 amide bonds. The van der Waals surface area contributed by atoms with Gasteiger partial charge in [-0.1, -0.05) is 24.6 Å². The average Bonchev–Trinajstić information content (AvgIpc) is 3.56. The number of nitrogens with zero attached hydrogens (tertiary/aromatic N) is 2. The quantitative estimate of drug-likeness (QED) is 0.538. The van der Waals surface area contributed by atoms with Gasteiger partial charge in [-0.05, 0) is 61.6 Å². The molecule has 1 heterocycles. The van der Waals surface area contributed by atoms with Crippen LogP contribution in [0, 0.1) is 5.92 Å². The van der Waals surface area contributed by atoms with Gasteiger partial charge in [-0.2, -0.15) is 0 Å². The Balaban J connectivity index is 1.54. The number of ether oxygens (including phenoxy) is 1. The van der Waals surface area contributed by atoms with Crippen LogP contribution in [0.5, 0.6) is 5.75 Å². The minimum atomic E-state index is -4.85. The number of alkyl halides is 3. The number of amides is 2. The minimum absolute atomic E-state index is 0.161. The summed E-state index contributed by atoms with van der Waals surface area (Å²) in [6, 6.07) is 9.64. The van der Waals surface area contributed by atoms with E-state index in [1.807, 2.05) is 0 Å². The SMILES string of the molecule is [2H]C1(N(C(=O)CCC(=O)O)C2CC2)c2ccccc2N(C(=O)c2ccc(OC(F)(F)F)cc2)C2CCCC21. The second-order valence-electron chi connectivity index (χ2n) is 9.64. The second kappa shape index (κ2) is 9.72. The van der Waals surface area contributed by atoms with Crippen molar-refractivity contribution < 1.29 is 38.8 Å². The van der Waals surface area contributed by atoms with E-state index in [1.54, 1.807) is 34.1 Å². The highest BCUT2D eigenvalue weighted by molar-refractivity contribution is 6.07. The molecule has 3 aliphatic rings. The maximum atomic E-state index is 13.8. The molecule has 1 N–H and O–H groups in total. The number of carbonyl (C=O) groups excluding carboxylic acids is 2. The van der Waals surface area contributed by atoms with E-state index in [2.05, 4.69) is 4.74 Å². The summed E-state index contributed by atoms with van der Waals surface area (Å²) >= 11 is 0. The lowest BCUT2D eigenvalue weighted by atomic mass is 9.81. The molecular formula is C27H27F3N2O5. The lowest BCUT2D eigenvalue weighted by molar-refractivity contribution is -0.274. The number of halogens is 3. The Hall–Kier alpha value is -3.56. The number of para-hydroxylation sites is 1. The van der Waals surface area contributed by atoms with E-state index >= 15 is 0 Å². The molecular weight excluding hydrogens is 489 g/mol. The summed E-state index contributed by atoms with van der Waals surface area (Å²) in [5.41, 5.74) is 1.14. The number of rotatable bonds is 7. The number of hydrogen-bond acceptors (Lipinski definition) is 4. The summed E-state index contributed by atoms with van der Waals surface area (Å²) in [5.74, 6) is -2.73. The number of anilines is 1. The van der Waals surface area contributed by atoms with E-state index in [0.29, 0.717) is 24.1 Å². The minimum Gasteiger partial charge on any atom is -0.481 e. The fraction of sp³-hybridized carbons (Fsp3) is 0.444. The van der Waals surface area contributed by atoms with Crippen LogP contribution in [0.1, 0.15) is 68.3 Å². The Morgan fingerprint density at radius 1 is 1.03 bits per heavy atom. The summed E-state index contributed by atoms with van der Waals surface area (Å²) in [4.78, 5) is 41.5. The lowest BCUT2D eigenvalue weighted by Crippen LogP contribution is -2.52. The summed E-state index contributed by atoms with van der Waals surface area (Å²) in [5, 5.41) is 9.13. The van der Waals surface area contributed by atoms with Gasteiger partial charge < -0.3 is 19.6 Å². The van der Waals surface area contributed by atoms with Crippen LogP contribution in [0.15, 0.2) is 48.5 Å². The van der Waals surface area contributed by atoms with Crippen molar-refractivity contribution in [2.75, 3.05) is 4.90 Å². The standard InChI is InChI=1S/C27H27F3N2O5/c28-27(29,30)37-18-12-8-16(9-13-18)26(36)32-21-6-2-1-4-19(21)25(20-5-3-7-22(20)32)31(17-10-11-17)23(33)14-15-24(34)35/h1-2,4,6,8-9,12-13,17,20,22,25H,3,5,7,10-11,14-15H2,(H,34,35)/i25D. The van der Waals surface area contributed by atoms with Crippen LogP contribution in [-0.4, -0.2) is 46.2 Å². The van der Waals surface area contributed by atoms with Crippen molar-refractivity contribution in [2.45, 2.75) is 69.4 Å². The largest absolute Gasteiger partial charge is 0.573 e. The number of benzene rings is 2.